The molecule has 1 atom stereocenters. The second-order valence-electron chi connectivity index (χ2n) is 4.38. The molecule has 0 saturated heterocycles. The fraction of sp³-hybridized carbons (Fsp3) is 0.308. The number of rotatable bonds is 4. The van der Waals surface area contributed by atoms with E-state index in [4.69, 9.17) is 4.74 Å². The zero-order chi connectivity index (χ0) is 14.7. The van der Waals surface area contributed by atoms with Gasteiger partial charge in [0.05, 0.1) is 18.7 Å². The maximum absolute atomic E-state index is 12.2. The smallest absolute Gasteiger partial charge is 0.255 e. The molecule has 0 saturated carbocycles. The van der Waals surface area contributed by atoms with Gasteiger partial charge in [0.1, 0.15) is 17.8 Å². The minimum absolute atomic E-state index is 0.103. The number of ether oxygens (including phenoxy) is 1. The van der Waals surface area contributed by atoms with Crippen molar-refractivity contribution in [2.75, 3.05) is 7.11 Å². The van der Waals surface area contributed by atoms with Crippen LogP contribution in [-0.4, -0.2) is 32.9 Å². The summed E-state index contributed by atoms with van der Waals surface area (Å²) in [5.74, 6) is 0.616. The molecule has 7 heteroatoms. The molecule has 0 aliphatic heterocycles. The number of hydrogen-bond acceptors (Lipinski definition) is 5. The SMILES string of the molecule is COc1ccc(O)c(C(=O)NC(C)c2nncn2C)c1. The summed E-state index contributed by atoms with van der Waals surface area (Å²) in [6.45, 7) is 1.79. The van der Waals surface area contributed by atoms with E-state index in [9.17, 15) is 9.90 Å². The van der Waals surface area contributed by atoms with E-state index in [1.54, 1.807) is 30.9 Å². The van der Waals surface area contributed by atoms with E-state index >= 15 is 0 Å². The van der Waals surface area contributed by atoms with Crippen LogP contribution in [0.1, 0.15) is 29.1 Å². The van der Waals surface area contributed by atoms with Crippen molar-refractivity contribution in [3.05, 3.63) is 35.9 Å². The van der Waals surface area contributed by atoms with Crippen molar-refractivity contribution in [2.45, 2.75) is 13.0 Å². The van der Waals surface area contributed by atoms with Gasteiger partial charge >= 0.3 is 0 Å². The Hall–Kier alpha value is -2.57. The number of aryl methyl sites for hydroxylation is 1. The maximum Gasteiger partial charge on any atom is 0.255 e. The van der Waals surface area contributed by atoms with Gasteiger partial charge in [-0.05, 0) is 25.1 Å². The Morgan fingerprint density at radius 3 is 2.85 bits per heavy atom. The number of hydrogen-bond donors (Lipinski definition) is 2. The Morgan fingerprint density at radius 2 is 2.25 bits per heavy atom. The first kappa shape index (κ1) is 13.9. The van der Waals surface area contributed by atoms with Crippen LogP contribution >= 0.6 is 0 Å². The average molecular weight is 276 g/mol. The highest BCUT2D eigenvalue weighted by Gasteiger charge is 2.18. The number of nitrogens with one attached hydrogen (secondary N) is 1. The highest BCUT2D eigenvalue weighted by molar-refractivity contribution is 5.97. The molecule has 1 amide bonds. The summed E-state index contributed by atoms with van der Waals surface area (Å²) in [6, 6.07) is 4.15. The van der Waals surface area contributed by atoms with Gasteiger partial charge in [0.2, 0.25) is 0 Å². The van der Waals surface area contributed by atoms with Crippen LogP contribution in [0.15, 0.2) is 24.5 Å². The summed E-state index contributed by atoms with van der Waals surface area (Å²) >= 11 is 0. The zero-order valence-corrected chi connectivity index (χ0v) is 11.5. The van der Waals surface area contributed by atoms with Crippen LogP contribution < -0.4 is 10.1 Å². The molecule has 1 aromatic carbocycles. The number of aromatic nitrogens is 3. The topological polar surface area (TPSA) is 89.3 Å². The minimum atomic E-state index is -0.406. The summed E-state index contributed by atoms with van der Waals surface area (Å²) in [5.41, 5.74) is 0.151. The van der Waals surface area contributed by atoms with E-state index < -0.39 is 5.91 Å². The molecule has 0 bridgehead atoms. The Bertz CT molecular complexity index is 624. The Balaban J connectivity index is 2.18. The summed E-state index contributed by atoms with van der Waals surface area (Å²) < 4.78 is 6.76. The molecule has 0 fully saturated rings. The predicted octanol–water partition coefficient (Wildman–Crippen LogP) is 1.02. The van der Waals surface area contributed by atoms with E-state index in [1.165, 1.54) is 19.2 Å². The van der Waals surface area contributed by atoms with Crippen LogP contribution in [0.2, 0.25) is 0 Å². The van der Waals surface area contributed by atoms with Gasteiger partial charge < -0.3 is 19.7 Å². The van der Waals surface area contributed by atoms with Crippen LogP contribution in [0.25, 0.3) is 0 Å². The molecule has 1 aromatic heterocycles. The van der Waals surface area contributed by atoms with E-state index in [-0.39, 0.29) is 17.4 Å². The first-order valence-electron chi connectivity index (χ1n) is 6.04. The summed E-state index contributed by atoms with van der Waals surface area (Å²) in [6.07, 6.45) is 1.56. The first-order valence-corrected chi connectivity index (χ1v) is 6.04. The number of phenolic OH excluding ortho intramolecular Hbond substituents is 1. The molecule has 1 heterocycles. The number of methoxy groups -OCH3 is 1. The van der Waals surface area contributed by atoms with Crippen molar-refractivity contribution in [3.63, 3.8) is 0 Å². The van der Waals surface area contributed by atoms with Crippen molar-refractivity contribution in [1.82, 2.24) is 20.1 Å². The minimum Gasteiger partial charge on any atom is -0.507 e. The molecule has 20 heavy (non-hydrogen) atoms. The number of carbonyl (C=O) groups is 1. The molecule has 106 valence electrons. The van der Waals surface area contributed by atoms with Crippen LogP contribution in [0.5, 0.6) is 11.5 Å². The van der Waals surface area contributed by atoms with Crippen molar-refractivity contribution >= 4 is 5.91 Å². The van der Waals surface area contributed by atoms with Gasteiger partial charge in [-0.1, -0.05) is 0 Å². The molecule has 0 spiro atoms. The van der Waals surface area contributed by atoms with Gasteiger partial charge in [0, 0.05) is 7.05 Å². The maximum atomic E-state index is 12.2. The standard InChI is InChI=1S/C13H16N4O3/c1-8(12-16-14-7-17(12)2)15-13(19)10-6-9(20-3)4-5-11(10)18/h4-8,18H,1-3H3,(H,15,19). The Labute approximate surface area is 116 Å². The van der Waals surface area contributed by atoms with E-state index in [0.29, 0.717) is 11.6 Å². The normalized spacial score (nSPS) is 11.9. The number of carbonyl (C=O) groups excluding carboxylic acids is 1. The number of nitrogens with zero attached hydrogens (tertiary/aromatic N) is 3. The lowest BCUT2D eigenvalue weighted by Gasteiger charge is -2.14. The van der Waals surface area contributed by atoms with Crippen LogP contribution in [0.3, 0.4) is 0 Å². The molecule has 2 aromatic rings. The molecular formula is C13H16N4O3. The lowest BCUT2D eigenvalue weighted by molar-refractivity contribution is 0.0934. The van der Waals surface area contributed by atoms with E-state index in [0.717, 1.165) is 0 Å². The third-order valence-electron chi connectivity index (χ3n) is 2.93. The van der Waals surface area contributed by atoms with Gasteiger partial charge in [-0.25, -0.2) is 0 Å². The third kappa shape index (κ3) is 2.71. The van der Waals surface area contributed by atoms with Gasteiger partial charge in [0.25, 0.3) is 5.91 Å². The number of phenols is 1. The Kier molecular flexibility index (Phi) is 3.88. The molecule has 0 radical (unpaired) electrons. The molecular weight excluding hydrogens is 260 g/mol. The monoisotopic (exact) mass is 276 g/mol. The van der Waals surface area contributed by atoms with Crippen molar-refractivity contribution in [1.29, 1.82) is 0 Å². The molecule has 1 unspecified atom stereocenters. The van der Waals surface area contributed by atoms with E-state index in [1.807, 2.05) is 0 Å². The molecule has 7 nitrogen and oxygen atoms in total. The molecule has 0 aliphatic carbocycles. The van der Waals surface area contributed by atoms with Gasteiger partial charge in [-0.2, -0.15) is 0 Å². The highest BCUT2D eigenvalue weighted by Crippen LogP contribution is 2.23. The first-order chi connectivity index (χ1) is 9.52. The number of amides is 1. The van der Waals surface area contributed by atoms with Crippen LogP contribution in [0, 0.1) is 0 Å². The predicted molar refractivity (Wildman–Crippen MR) is 71.5 cm³/mol. The number of aromatic hydroxyl groups is 1. The van der Waals surface area contributed by atoms with Crippen LogP contribution in [-0.2, 0) is 7.05 Å². The Morgan fingerprint density at radius 1 is 1.50 bits per heavy atom. The highest BCUT2D eigenvalue weighted by atomic mass is 16.5. The van der Waals surface area contributed by atoms with Crippen molar-refractivity contribution in [3.8, 4) is 11.5 Å². The van der Waals surface area contributed by atoms with Crippen molar-refractivity contribution in [2.24, 2.45) is 7.05 Å². The average Bonchev–Trinajstić information content (AvgIpc) is 2.85. The number of benzene rings is 1. The van der Waals surface area contributed by atoms with Gasteiger partial charge in [-0.3, -0.25) is 4.79 Å². The third-order valence-corrected chi connectivity index (χ3v) is 2.93. The lowest BCUT2D eigenvalue weighted by Crippen LogP contribution is -2.28. The second-order valence-corrected chi connectivity index (χ2v) is 4.38. The summed E-state index contributed by atoms with van der Waals surface area (Å²) in [7, 11) is 3.29. The molecule has 0 aliphatic rings. The second kappa shape index (κ2) is 5.60. The van der Waals surface area contributed by atoms with E-state index in [2.05, 4.69) is 15.5 Å². The molecule has 2 rings (SSSR count). The van der Waals surface area contributed by atoms with Crippen LogP contribution in [0.4, 0.5) is 0 Å². The van der Waals surface area contributed by atoms with Gasteiger partial charge in [0.15, 0.2) is 5.82 Å². The fourth-order valence-corrected chi connectivity index (χ4v) is 1.85. The quantitative estimate of drug-likeness (QED) is 0.870. The lowest BCUT2D eigenvalue weighted by atomic mass is 10.1. The molecule has 2 N–H and O–H groups in total. The van der Waals surface area contributed by atoms with Gasteiger partial charge in [-0.15, -0.1) is 10.2 Å². The fourth-order valence-electron chi connectivity index (χ4n) is 1.85. The van der Waals surface area contributed by atoms with Crippen molar-refractivity contribution < 1.29 is 14.6 Å². The summed E-state index contributed by atoms with van der Waals surface area (Å²) in [4.78, 5) is 12.2. The largest absolute Gasteiger partial charge is 0.507 e. The zero-order valence-electron chi connectivity index (χ0n) is 11.5. The summed E-state index contributed by atoms with van der Waals surface area (Å²) in [5, 5.41) is 20.2.